The fourth-order valence-corrected chi connectivity index (χ4v) is 2.78. The Bertz CT molecular complexity index is 804. The molecule has 1 aromatic carbocycles. The van der Waals surface area contributed by atoms with Gasteiger partial charge in [0.05, 0.1) is 18.4 Å². The molecule has 1 aliphatic heterocycles. The van der Waals surface area contributed by atoms with E-state index in [1.807, 2.05) is 33.0 Å². The van der Waals surface area contributed by atoms with Gasteiger partial charge in [-0.05, 0) is 37.6 Å². The van der Waals surface area contributed by atoms with Gasteiger partial charge >= 0.3 is 0 Å². The third kappa shape index (κ3) is 2.87. The first kappa shape index (κ1) is 16.1. The number of aryl methyl sites for hydroxylation is 2. The van der Waals surface area contributed by atoms with Gasteiger partial charge in [0, 0.05) is 12.7 Å². The minimum Gasteiger partial charge on any atom is -0.493 e. The number of ketones is 1. The fourth-order valence-electron chi connectivity index (χ4n) is 2.78. The highest BCUT2D eigenvalue weighted by Crippen LogP contribution is 2.40. The van der Waals surface area contributed by atoms with Crippen LogP contribution in [-0.2, 0) is 7.05 Å². The molecule has 0 fully saturated rings. The predicted molar refractivity (Wildman–Crippen MR) is 90.0 cm³/mol. The topological polar surface area (TPSA) is 62.6 Å². The number of nitrogens with zero attached hydrogens (tertiary/aromatic N) is 2. The van der Waals surface area contributed by atoms with Crippen LogP contribution in [0.4, 0.5) is 0 Å². The summed E-state index contributed by atoms with van der Waals surface area (Å²) in [5.74, 6) is 1.74. The van der Waals surface area contributed by atoms with Gasteiger partial charge in [-0.15, -0.1) is 0 Å². The summed E-state index contributed by atoms with van der Waals surface area (Å²) in [6.45, 7) is 4.71. The van der Waals surface area contributed by atoms with E-state index in [0.29, 0.717) is 36.0 Å². The van der Waals surface area contributed by atoms with Crippen molar-refractivity contribution in [2.45, 2.75) is 13.8 Å². The summed E-state index contributed by atoms with van der Waals surface area (Å²) >= 11 is 0. The van der Waals surface area contributed by atoms with E-state index < -0.39 is 0 Å². The molecule has 6 nitrogen and oxygen atoms in total. The van der Waals surface area contributed by atoms with Crippen molar-refractivity contribution in [2.24, 2.45) is 7.05 Å². The van der Waals surface area contributed by atoms with Crippen LogP contribution in [0.15, 0.2) is 18.2 Å². The summed E-state index contributed by atoms with van der Waals surface area (Å²) in [6, 6.07) is 3.66. The average Bonchev–Trinajstić information content (AvgIpc) is 2.84. The number of rotatable bonds is 4. The highest BCUT2D eigenvalue weighted by atomic mass is 16.6. The van der Waals surface area contributed by atoms with Gasteiger partial charge in [0.1, 0.15) is 13.2 Å². The molecule has 0 atom stereocenters. The molecule has 1 aliphatic rings. The van der Waals surface area contributed by atoms with Gasteiger partial charge in [-0.1, -0.05) is 6.08 Å². The van der Waals surface area contributed by atoms with E-state index >= 15 is 0 Å². The van der Waals surface area contributed by atoms with Crippen LogP contribution >= 0.6 is 0 Å². The summed E-state index contributed by atoms with van der Waals surface area (Å²) in [5, 5.41) is 4.28. The SMILES string of the molecule is COc1cc(C=CC(=O)c2c(C)nn(C)c2C)cc2c1OCCO2. The van der Waals surface area contributed by atoms with Crippen LogP contribution in [0.5, 0.6) is 17.2 Å². The van der Waals surface area contributed by atoms with E-state index in [9.17, 15) is 4.79 Å². The lowest BCUT2D eigenvalue weighted by atomic mass is 10.1. The van der Waals surface area contributed by atoms with E-state index in [1.54, 1.807) is 23.9 Å². The number of carbonyl (C=O) groups is 1. The molecule has 0 N–H and O–H groups in total. The summed E-state index contributed by atoms with van der Waals surface area (Å²) in [7, 11) is 3.41. The molecule has 0 saturated heterocycles. The van der Waals surface area contributed by atoms with Crippen LogP contribution in [0.2, 0.25) is 0 Å². The fraction of sp³-hybridized carbons (Fsp3) is 0.333. The van der Waals surface area contributed by atoms with Crippen molar-refractivity contribution < 1.29 is 19.0 Å². The Morgan fingerprint density at radius 1 is 1.29 bits per heavy atom. The summed E-state index contributed by atoms with van der Waals surface area (Å²) in [4.78, 5) is 12.5. The number of benzene rings is 1. The number of hydrogen-bond acceptors (Lipinski definition) is 5. The molecule has 126 valence electrons. The van der Waals surface area contributed by atoms with Crippen molar-refractivity contribution in [2.75, 3.05) is 20.3 Å². The molecule has 24 heavy (non-hydrogen) atoms. The van der Waals surface area contributed by atoms with Gasteiger partial charge in [0.15, 0.2) is 17.3 Å². The molecule has 0 unspecified atom stereocenters. The summed E-state index contributed by atoms with van der Waals surface area (Å²) < 4.78 is 18.2. The van der Waals surface area contributed by atoms with Crippen LogP contribution in [0.25, 0.3) is 6.08 Å². The van der Waals surface area contributed by atoms with Crippen LogP contribution in [0, 0.1) is 13.8 Å². The minimum absolute atomic E-state index is 0.0769. The first-order valence-corrected chi connectivity index (χ1v) is 7.71. The normalized spacial score (nSPS) is 13.3. The Morgan fingerprint density at radius 3 is 2.71 bits per heavy atom. The molecule has 2 aromatic rings. The van der Waals surface area contributed by atoms with Gasteiger partial charge in [-0.3, -0.25) is 9.48 Å². The molecule has 3 rings (SSSR count). The van der Waals surface area contributed by atoms with Crippen molar-refractivity contribution in [3.63, 3.8) is 0 Å². The van der Waals surface area contributed by atoms with Crippen LogP contribution in [-0.4, -0.2) is 35.9 Å². The van der Waals surface area contributed by atoms with E-state index in [2.05, 4.69) is 5.10 Å². The Morgan fingerprint density at radius 2 is 2.04 bits per heavy atom. The van der Waals surface area contributed by atoms with Gasteiger partial charge in [0.25, 0.3) is 0 Å². The number of hydrogen-bond donors (Lipinski definition) is 0. The quantitative estimate of drug-likeness (QED) is 0.638. The maximum absolute atomic E-state index is 12.5. The van der Waals surface area contributed by atoms with E-state index in [-0.39, 0.29) is 5.78 Å². The lowest BCUT2D eigenvalue weighted by molar-refractivity contribution is 0.104. The zero-order valence-electron chi connectivity index (χ0n) is 14.3. The smallest absolute Gasteiger partial charge is 0.203 e. The molecule has 0 amide bonds. The number of fused-ring (bicyclic) bond motifs is 1. The maximum Gasteiger partial charge on any atom is 0.203 e. The highest BCUT2D eigenvalue weighted by molar-refractivity contribution is 6.08. The first-order valence-electron chi connectivity index (χ1n) is 7.71. The van der Waals surface area contributed by atoms with Crippen LogP contribution in [0.1, 0.15) is 27.3 Å². The average molecular weight is 328 g/mol. The van der Waals surface area contributed by atoms with Crippen LogP contribution in [0.3, 0.4) is 0 Å². The van der Waals surface area contributed by atoms with Crippen molar-refractivity contribution in [3.8, 4) is 17.2 Å². The molecular formula is C18H20N2O4. The maximum atomic E-state index is 12.5. The molecule has 0 spiro atoms. The molecule has 0 aliphatic carbocycles. The van der Waals surface area contributed by atoms with Crippen LogP contribution < -0.4 is 14.2 Å². The third-order valence-electron chi connectivity index (χ3n) is 4.03. The first-order chi connectivity index (χ1) is 11.5. The van der Waals surface area contributed by atoms with E-state index in [0.717, 1.165) is 17.0 Å². The zero-order chi connectivity index (χ0) is 17.3. The molecule has 2 heterocycles. The van der Waals surface area contributed by atoms with Crippen molar-refractivity contribution in [1.82, 2.24) is 9.78 Å². The second-order valence-electron chi connectivity index (χ2n) is 5.61. The summed E-state index contributed by atoms with van der Waals surface area (Å²) in [5.41, 5.74) is 3.02. The Balaban J connectivity index is 1.90. The predicted octanol–water partition coefficient (Wildman–Crippen LogP) is 2.71. The largest absolute Gasteiger partial charge is 0.493 e. The number of ether oxygens (including phenoxy) is 3. The number of carbonyl (C=O) groups excluding carboxylic acids is 1. The molecule has 0 saturated carbocycles. The van der Waals surface area contributed by atoms with Gasteiger partial charge in [-0.2, -0.15) is 5.10 Å². The standard InChI is InChI=1S/C18H20N2O4/c1-11-17(12(2)20(3)19-11)14(21)6-5-13-9-15(22-4)18-16(10-13)23-7-8-24-18/h5-6,9-10H,7-8H2,1-4H3. The van der Waals surface area contributed by atoms with E-state index in [1.165, 1.54) is 0 Å². The van der Waals surface area contributed by atoms with Crippen molar-refractivity contribution in [3.05, 3.63) is 40.7 Å². The second kappa shape index (κ2) is 6.39. The lowest BCUT2D eigenvalue weighted by Crippen LogP contribution is -2.16. The Hall–Kier alpha value is -2.76. The number of allylic oxidation sites excluding steroid dienone is 1. The van der Waals surface area contributed by atoms with Crippen molar-refractivity contribution >= 4 is 11.9 Å². The monoisotopic (exact) mass is 328 g/mol. The van der Waals surface area contributed by atoms with Gasteiger partial charge in [0.2, 0.25) is 5.75 Å². The minimum atomic E-state index is -0.0769. The zero-order valence-corrected chi connectivity index (χ0v) is 14.3. The molecular weight excluding hydrogens is 308 g/mol. The Labute approximate surface area is 140 Å². The second-order valence-corrected chi connectivity index (χ2v) is 5.61. The summed E-state index contributed by atoms with van der Waals surface area (Å²) in [6.07, 6.45) is 3.29. The molecule has 0 radical (unpaired) electrons. The lowest BCUT2D eigenvalue weighted by Gasteiger charge is -2.20. The van der Waals surface area contributed by atoms with Gasteiger partial charge in [-0.25, -0.2) is 0 Å². The number of methoxy groups -OCH3 is 1. The number of aromatic nitrogens is 2. The molecule has 0 bridgehead atoms. The molecule has 1 aromatic heterocycles. The van der Waals surface area contributed by atoms with Gasteiger partial charge < -0.3 is 14.2 Å². The Kier molecular flexibility index (Phi) is 4.29. The van der Waals surface area contributed by atoms with Crippen molar-refractivity contribution in [1.29, 1.82) is 0 Å². The van der Waals surface area contributed by atoms with E-state index in [4.69, 9.17) is 14.2 Å². The molecule has 6 heteroatoms. The third-order valence-corrected chi connectivity index (χ3v) is 4.03. The highest BCUT2D eigenvalue weighted by Gasteiger charge is 2.18.